The monoisotopic (exact) mass is 2190 g/mol. The van der Waals surface area contributed by atoms with Gasteiger partial charge in [0.25, 0.3) is 0 Å². The number of ether oxygens (including phenoxy) is 23. The lowest BCUT2D eigenvalue weighted by atomic mass is 9.93. The van der Waals surface area contributed by atoms with E-state index in [2.05, 4.69) is 31.9 Å². The maximum Gasteiger partial charge on any atom is 0.217 e. The molecule has 0 spiro atoms. The highest BCUT2D eigenvalue weighted by atomic mass is 16.8. The van der Waals surface area contributed by atoms with E-state index in [1.54, 1.807) is 0 Å². The lowest BCUT2D eigenvalue weighted by Gasteiger charge is -2.51. The van der Waals surface area contributed by atoms with E-state index in [-0.39, 0.29) is 0 Å². The lowest BCUT2D eigenvalue weighted by molar-refractivity contribution is -0.399. The molecule has 12 saturated heterocycles. The van der Waals surface area contributed by atoms with Crippen LogP contribution in [0.3, 0.4) is 0 Å². The van der Waals surface area contributed by atoms with E-state index in [4.69, 9.17) is 109 Å². The fourth-order valence-electron chi connectivity index (χ4n) is 19.5. The molecule has 0 aromatic heterocycles. The van der Waals surface area contributed by atoms with Gasteiger partial charge in [0.15, 0.2) is 75.5 Å². The molecule has 0 aromatic rings. The molecular formula is C84H140N6O60. The normalized spacial score (nSPS) is 48.8. The van der Waals surface area contributed by atoms with E-state index in [0.29, 0.717) is 0 Å². The number of nitrogens with one attached hydrogen (secondary N) is 6. The Bertz CT molecular complexity index is 4240. The Hall–Kier alpha value is -5.34. The van der Waals surface area contributed by atoms with E-state index in [1.165, 1.54) is 6.92 Å². The van der Waals surface area contributed by atoms with Gasteiger partial charge in [-0.15, -0.1) is 0 Å². The summed E-state index contributed by atoms with van der Waals surface area (Å²) in [5.74, 6) is -5.82. The predicted octanol–water partition coefficient (Wildman–Crippen LogP) is -25.3. The van der Waals surface area contributed by atoms with Crippen molar-refractivity contribution < 1.29 is 296 Å². The third-order valence-corrected chi connectivity index (χ3v) is 27.4. The minimum Gasteiger partial charge on any atom is -0.394 e. The molecule has 0 unspecified atom stereocenters. The van der Waals surface area contributed by atoms with Gasteiger partial charge in [-0.05, 0) is 6.92 Å². The van der Waals surface area contributed by atoms with Crippen LogP contribution in [0.25, 0.3) is 0 Å². The van der Waals surface area contributed by atoms with Gasteiger partial charge in [0.05, 0.1) is 78.8 Å². The number of amides is 6. The Balaban J connectivity index is 0.918. The second kappa shape index (κ2) is 54.0. The predicted molar refractivity (Wildman–Crippen MR) is 463 cm³/mol. The number of carbonyl (C=O) groups is 6. The van der Waals surface area contributed by atoms with Gasteiger partial charge in [-0.3, -0.25) is 28.8 Å². The van der Waals surface area contributed by atoms with Gasteiger partial charge < -0.3 is 299 Å². The Morgan fingerprint density at radius 1 is 0.187 bits per heavy atom. The minimum absolute atomic E-state index is 0.856. The molecule has 66 heteroatoms. The van der Waals surface area contributed by atoms with Crippen LogP contribution in [0.4, 0.5) is 0 Å². The van der Waals surface area contributed by atoms with Crippen molar-refractivity contribution in [3.63, 3.8) is 0 Å². The third kappa shape index (κ3) is 27.7. The number of aliphatic hydroxyl groups is 31. The van der Waals surface area contributed by atoms with Gasteiger partial charge in [0.2, 0.25) is 35.4 Å². The van der Waals surface area contributed by atoms with Gasteiger partial charge in [-0.2, -0.15) is 0 Å². The van der Waals surface area contributed by atoms with Crippen LogP contribution in [-0.2, 0) is 138 Å². The van der Waals surface area contributed by atoms with Crippen LogP contribution in [0, 0.1) is 0 Å². The first-order valence-electron chi connectivity index (χ1n) is 48.0. The van der Waals surface area contributed by atoms with Gasteiger partial charge in [-0.25, -0.2) is 0 Å². The lowest BCUT2D eigenvalue weighted by Crippen LogP contribution is -2.71. The first-order chi connectivity index (χ1) is 70.9. The largest absolute Gasteiger partial charge is 0.394 e. The van der Waals surface area contributed by atoms with Crippen molar-refractivity contribution in [2.75, 3.05) is 72.7 Å². The molecule has 0 aliphatic carbocycles. The molecule has 12 aliphatic rings. The van der Waals surface area contributed by atoms with Gasteiger partial charge in [0, 0.05) is 41.5 Å². The van der Waals surface area contributed by atoms with E-state index < -0.39 is 476 Å². The number of hydrogen-bond donors (Lipinski definition) is 37. The summed E-state index contributed by atoms with van der Waals surface area (Å²) >= 11 is 0. The Morgan fingerprint density at radius 3 is 0.807 bits per heavy atom. The smallest absolute Gasteiger partial charge is 0.217 e. The van der Waals surface area contributed by atoms with E-state index in [0.717, 1.165) is 41.5 Å². The molecule has 0 aromatic carbocycles. The standard InChI is InChI=1S/C84H140N6O60/c1-19-43(105)56(118)61(123)79(131-19)129-18-36-69(51(113)37(73(127)132-36)85-20(2)99)144-76-40(88-23(5)102)54(116)68(33(15-98)138-76)147-82-64(126)70(148-84-72(59(121)47(109)29(11-94)136-84)150-78-41(89-24(6)103)53(115)65(31(13-96)139-78)143-75-38(86-21(3)100)50(112)44(106)26(8-91)133-75)49(111)35(141-82)17-130-83-71(149-77-42(90-25(7)104)55(117)67(32(14-97)140-77)146-81-63(125)58(120)46(108)28(10-93)135-81)60(122)48(110)34(142-83)16-128-74-39(87-22(4)101)52(114)66(30(12-95)137-74)145-80-62(124)57(119)45(107)27(9-92)134-80/h19,26-84,91-98,105-127H,8-18H2,1-7H3,(H,85,99)(H,86,100)(H,87,101)(H,88,102)(H,89,103)(H,90,104)/t19-,26+,27+,28+,29+,30+,31+,32+,33+,34+,35+,36+,37+,38+,39+,40+,41+,42+,43+,44-,45-,46-,47+,48+,49+,50+,51+,52+,53+,54+,55+,56+,57-,58-,59-,60-,61-,62+,63+,64-,65+,66+,67+,68+,69+,70-,71-,72-,73+,74+,75-,76-,77-,78-,79+,80-,81-,82-,83-,84+/m0/s1. The van der Waals surface area contributed by atoms with Gasteiger partial charge >= 0.3 is 0 Å². The van der Waals surface area contributed by atoms with Gasteiger partial charge in [0.1, 0.15) is 287 Å². The summed E-state index contributed by atoms with van der Waals surface area (Å²) in [7, 11) is 0. The maximum absolute atomic E-state index is 13.5. The molecule has 0 bridgehead atoms. The number of rotatable bonds is 39. The van der Waals surface area contributed by atoms with Crippen molar-refractivity contribution in [3.05, 3.63) is 0 Å². The summed E-state index contributed by atoms with van der Waals surface area (Å²) in [5, 5.41) is 366. The zero-order valence-electron chi connectivity index (χ0n) is 81.1. The second-order valence-corrected chi connectivity index (χ2v) is 38.1. The van der Waals surface area contributed by atoms with Crippen LogP contribution in [-0.4, -0.2) is 635 Å². The maximum atomic E-state index is 13.5. The molecule has 60 atom stereocenters. The fourth-order valence-corrected chi connectivity index (χ4v) is 19.5. The summed E-state index contributed by atoms with van der Waals surface area (Å²) in [6, 6.07) is -11.7. The quantitative estimate of drug-likeness (QED) is 0.0272. The Morgan fingerprint density at radius 2 is 0.420 bits per heavy atom. The minimum atomic E-state index is -2.76. The van der Waals surface area contributed by atoms with E-state index in [9.17, 15) is 187 Å². The first-order valence-corrected chi connectivity index (χ1v) is 48.0. The Labute approximate surface area is 849 Å². The van der Waals surface area contributed by atoms with E-state index in [1.807, 2.05) is 0 Å². The SMILES string of the molecule is CC(=O)N[C@@H]1[C@@H](O)[C@H](O[C@@H]2O[C@H](CO)[C@@H](O[C@@H]3O[C@H](CO[C@H]4O[C@H](CO[C@@H]5O[C@H](CO)[C@@H](O[C@@H]6O[C@H](CO)[C@H](O)[C@H](O)[C@H]6O)[C@H](O)[C@H]5NC(C)=O)[C@@H](O)[C@H](O)[C@@H]4O[C@@H]4O[C@H](CO)[C@@H](O[C@@H]5O[C@H](CO)[C@H](O)[C@H](O)[C@H]5O)[C@H](O)[C@H]4NC(C)=O)[C@@H](O)[C@H](O[C@H]4O[C@H](CO)[C@@H](O)[C@H](O)[C@@H]4O[C@@H]4O[C@H](CO)[C@@H](O[C@@H]5O[C@H](CO)[C@H](O)[C@H](O)[C@H]5NC(C)=O)[C@H](O)[C@H]4NC(C)=O)[C@@H]3O)[C@H](O)[C@H]2NC(C)=O)[C@@H](CO[C@@H]2O[C@@H](C)[C@@H](O)[C@@H](O)[C@@H]2O)O[C@H]1O. The van der Waals surface area contributed by atoms with Crippen LogP contribution >= 0.6 is 0 Å². The molecule has 0 saturated carbocycles. The molecule has 12 fully saturated rings. The Kier molecular flexibility index (Phi) is 44.4. The molecule has 12 rings (SSSR count). The van der Waals surface area contributed by atoms with Crippen LogP contribution in [0.5, 0.6) is 0 Å². The first kappa shape index (κ1) is 123. The van der Waals surface area contributed by atoms with E-state index >= 15 is 0 Å². The van der Waals surface area contributed by atoms with Crippen molar-refractivity contribution in [2.45, 2.75) is 417 Å². The second-order valence-electron chi connectivity index (χ2n) is 38.1. The van der Waals surface area contributed by atoms with Gasteiger partial charge in [-0.1, -0.05) is 0 Å². The average Bonchev–Trinajstić information content (AvgIpc) is 0.759. The molecule has 0 radical (unpaired) electrons. The molecule has 866 valence electrons. The molecule has 37 N–H and O–H groups in total. The van der Waals surface area contributed by atoms with Crippen molar-refractivity contribution in [3.8, 4) is 0 Å². The van der Waals surface area contributed by atoms with Crippen molar-refractivity contribution in [2.24, 2.45) is 0 Å². The van der Waals surface area contributed by atoms with Crippen LogP contribution < -0.4 is 31.9 Å². The fraction of sp³-hybridized carbons (Fsp3) is 0.929. The summed E-state index contributed by atoms with van der Waals surface area (Å²) in [5.41, 5.74) is 0. The summed E-state index contributed by atoms with van der Waals surface area (Å²) in [6.45, 7) is -5.93. The highest BCUT2D eigenvalue weighted by molar-refractivity contribution is 5.75. The van der Waals surface area contributed by atoms with Crippen molar-refractivity contribution in [1.82, 2.24) is 31.9 Å². The van der Waals surface area contributed by atoms with Crippen molar-refractivity contribution in [1.29, 1.82) is 0 Å². The number of hydrogen-bond acceptors (Lipinski definition) is 60. The highest BCUT2D eigenvalue weighted by Gasteiger charge is 2.64. The number of carbonyl (C=O) groups excluding carboxylic acids is 6. The molecule has 150 heavy (non-hydrogen) atoms. The van der Waals surface area contributed by atoms with Crippen LogP contribution in [0.1, 0.15) is 48.5 Å². The van der Waals surface area contributed by atoms with Crippen molar-refractivity contribution >= 4 is 35.4 Å². The summed E-state index contributed by atoms with van der Waals surface area (Å²) in [6.07, 6.45) is -116. The molecule has 12 aliphatic heterocycles. The number of aliphatic hydroxyl groups excluding tert-OH is 31. The zero-order valence-corrected chi connectivity index (χ0v) is 81.1. The zero-order chi connectivity index (χ0) is 110. The molecular weight excluding hydrogens is 2050 g/mol. The molecule has 12 heterocycles. The van der Waals surface area contributed by atoms with Crippen LogP contribution in [0.2, 0.25) is 0 Å². The van der Waals surface area contributed by atoms with Crippen LogP contribution in [0.15, 0.2) is 0 Å². The average molecular weight is 2190 g/mol. The topological polar surface area (TPSA) is 1010 Å². The summed E-state index contributed by atoms with van der Waals surface area (Å²) < 4.78 is 139. The third-order valence-electron chi connectivity index (χ3n) is 27.4. The molecule has 66 nitrogen and oxygen atoms in total. The summed E-state index contributed by atoms with van der Waals surface area (Å²) in [4.78, 5) is 78.3. The highest BCUT2D eigenvalue weighted by Crippen LogP contribution is 2.43. The molecule has 6 amide bonds.